The van der Waals surface area contributed by atoms with E-state index >= 15 is 0 Å². The number of esters is 2. The maximum Gasteiger partial charge on any atom is 0.322 e. The zero-order valence-corrected chi connectivity index (χ0v) is 17.0. The van der Waals surface area contributed by atoms with Gasteiger partial charge < -0.3 is 24.9 Å². The van der Waals surface area contributed by atoms with Gasteiger partial charge in [-0.3, -0.25) is 9.59 Å². The lowest BCUT2D eigenvalue weighted by atomic mass is 10.1. The first kappa shape index (κ1) is 27.3. The third kappa shape index (κ3) is 18.7. The van der Waals surface area contributed by atoms with E-state index in [1.807, 2.05) is 0 Å². The molecule has 2 N–H and O–H groups in total. The quantitative estimate of drug-likeness (QED) is 0.126. The third-order valence-corrected chi connectivity index (χ3v) is 3.94. The minimum atomic E-state index is -0.910. The van der Waals surface area contributed by atoms with E-state index in [9.17, 15) is 29.8 Å². The fourth-order valence-corrected chi connectivity index (χ4v) is 2.32. The number of nitrogens with zero attached hydrogens (tertiary/aromatic N) is 2. The van der Waals surface area contributed by atoms with Crippen LogP contribution in [0.3, 0.4) is 0 Å². The van der Waals surface area contributed by atoms with Gasteiger partial charge in [-0.15, -0.1) is 20.2 Å². The summed E-state index contributed by atoms with van der Waals surface area (Å²) in [6, 6.07) is -0.910. The lowest BCUT2D eigenvalue weighted by Gasteiger charge is -2.11. The van der Waals surface area contributed by atoms with E-state index in [1.54, 1.807) is 0 Å². The number of carbonyl (C=O) groups excluding carboxylic acids is 2. The molecule has 0 aromatic heterocycles. The van der Waals surface area contributed by atoms with Gasteiger partial charge in [0, 0.05) is 6.42 Å². The minimum absolute atomic E-state index is 0.00336. The SMILES string of the molecule is NC(CCC(=O)OCCCCCCO[N+](=O)[O-])C(=O)OCCCCCCO[N+](=O)[O-]. The van der Waals surface area contributed by atoms with E-state index in [0.29, 0.717) is 25.7 Å². The van der Waals surface area contributed by atoms with Crippen molar-refractivity contribution in [2.45, 2.75) is 70.3 Å². The zero-order chi connectivity index (χ0) is 22.6. The number of hydrogen-bond acceptors (Lipinski definition) is 11. The van der Waals surface area contributed by atoms with Crippen LogP contribution >= 0.6 is 0 Å². The molecule has 0 heterocycles. The summed E-state index contributed by atoms with van der Waals surface area (Å²) in [5, 5.41) is 18.3. The van der Waals surface area contributed by atoms with Crippen molar-refractivity contribution >= 4 is 11.9 Å². The third-order valence-electron chi connectivity index (χ3n) is 3.94. The topological polar surface area (TPSA) is 183 Å². The number of carbonyl (C=O) groups is 2. The van der Waals surface area contributed by atoms with Gasteiger partial charge in [0.25, 0.3) is 10.2 Å². The fourth-order valence-electron chi connectivity index (χ4n) is 2.32. The van der Waals surface area contributed by atoms with Crippen LogP contribution in [-0.2, 0) is 28.7 Å². The maximum absolute atomic E-state index is 11.7. The van der Waals surface area contributed by atoms with Crippen LogP contribution in [0.2, 0.25) is 0 Å². The van der Waals surface area contributed by atoms with E-state index in [1.165, 1.54) is 0 Å². The van der Waals surface area contributed by atoms with Crippen molar-refractivity contribution in [1.82, 2.24) is 0 Å². The first-order valence-corrected chi connectivity index (χ1v) is 9.95. The summed E-state index contributed by atoms with van der Waals surface area (Å²) in [4.78, 5) is 51.7. The van der Waals surface area contributed by atoms with E-state index < -0.39 is 28.2 Å². The van der Waals surface area contributed by atoms with Crippen LogP contribution in [0.15, 0.2) is 0 Å². The van der Waals surface area contributed by atoms with Gasteiger partial charge in [-0.25, -0.2) is 0 Å². The molecule has 0 spiro atoms. The summed E-state index contributed by atoms with van der Waals surface area (Å²) in [7, 11) is 0. The molecule has 0 saturated heterocycles. The molecular formula is C17H31N3O10. The molecule has 30 heavy (non-hydrogen) atoms. The van der Waals surface area contributed by atoms with Crippen molar-refractivity contribution in [3.8, 4) is 0 Å². The Bertz CT molecular complexity index is 518. The number of ether oxygens (including phenoxy) is 2. The van der Waals surface area contributed by atoms with E-state index in [0.717, 1.165) is 25.7 Å². The standard InChI is InChI=1S/C17H31N3O10/c18-15(17(22)28-12-6-2-4-8-14-30-20(25)26)9-10-16(21)27-11-5-1-3-7-13-29-19(23)24/h15H,1-14,18H2. The lowest BCUT2D eigenvalue weighted by molar-refractivity contribution is -0.757. The Kier molecular flexibility index (Phi) is 16.7. The van der Waals surface area contributed by atoms with Crippen LogP contribution < -0.4 is 5.73 Å². The Morgan fingerprint density at radius 1 is 0.733 bits per heavy atom. The second kappa shape index (κ2) is 18.3. The summed E-state index contributed by atoms with van der Waals surface area (Å²) < 4.78 is 10.1. The van der Waals surface area contributed by atoms with E-state index in [2.05, 4.69) is 9.68 Å². The molecule has 0 aliphatic rings. The van der Waals surface area contributed by atoms with Gasteiger partial charge in [0.15, 0.2) is 0 Å². The van der Waals surface area contributed by atoms with Crippen molar-refractivity contribution in [3.05, 3.63) is 20.2 Å². The van der Waals surface area contributed by atoms with Crippen LogP contribution in [-0.4, -0.2) is 54.6 Å². The zero-order valence-electron chi connectivity index (χ0n) is 17.0. The first-order chi connectivity index (χ1) is 14.3. The molecule has 0 aromatic carbocycles. The molecule has 174 valence electrons. The highest BCUT2D eigenvalue weighted by Crippen LogP contribution is 2.05. The average molecular weight is 437 g/mol. The van der Waals surface area contributed by atoms with E-state index in [4.69, 9.17) is 15.2 Å². The molecule has 0 amide bonds. The number of unbranched alkanes of at least 4 members (excludes halogenated alkanes) is 6. The first-order valence-electron chi connectivity index (χ1n) is 9.95. The van der Waals surface area contributed by atoms with Gasteiger partial charge in [-0.1, -0.05) is 12.8 Å². The molecular weight excluding hydrogens is 406 g/mol. The maximum atomic E-state index is 11.7. The highest BCUT2D eigenvalue weighted by atomic mass is 17.0. The summed E-state index contributed by atoms with van der Waals surface area (Å²) in [6.07, 6.45) is 5.41. The highest BCUT2D eigenvalue weighted by molar-refractivity contribution is 5.77. The molecule has 0 radical (unpaired) electrons. The molecule has 1 atom stereocenters. The Labute approximate surface area is 174 Å². The summed E-state index contributed by atoms with van der Waals surface area (Å²) in [5.74, 6) is -1.04. The molecule has 0 fully saturated rings. The summed E-state index contributed by atoms with van der Waals surface area (Å²) >= 11 is 0. The van der Waals surface area contributed by atoms with E-state index in [-0.39, 0.29) is 39.3 Å². The van der Waals surface area contributed by atoms with Crippen LogP contribution in [0, 0.1) is 20.2 Å². The van der Waals surface area contributed by atoms with Gasteiger partial charge >= 0.3 is 11.9 Å². The van der Waals surface area contributed by atoms with Crippen LogP contribution in [0.1, 0.15) is 64.2 Å². The molecule has 13 heteroatoms. The Hall–Kier alpha value is -2.70. The molecule has 13 nitrogen and oxygen atoms in total. The molecule has 0 bridgehead atoms. The summed E-state index contributed by atoms with van der Waals surface area (Å²) in [5.41, 5.74) is 5.70. The number of rotatable bonds is 20. The molecule has 0 aromatic rings. The largest absolute Gasteiger partial charge is 0.466 e. The van der Waals surface area contributed by atoms with Crippen molar-refractivity contribution in [3.63, 3.8) is 0 Å². The molecule has 0 saturated carbocycles. The predicted octanol–water partition coefficient (Wildman–Crippen LogP) is 1.72. The Morgan fingerprint density at radius 3 is 1.63 bits per heavy atom. The Balaban J connectivity index is 3.54. The molecule has 1 unspecified atom stereocenters. The average Bonchev–Trinajstić information content (AvgIpc) is 2.69. The van der Waals surface area contributed by atoms with Gasteiger partial charge in [0.2, 0.25) is 0 Å². The normalized spacial score (nSPS) is 11.4. The van der Waals surface area contributed by atoms with Crippen molar-refractivity contribution in [2.75, 3.05) is 26.4 Å². The molecule has 0 aliphatic heterocycles. The van der Waals surface area contributed by atoms with Gasteiger partial charge in [-0.05, 0) is 44.9 Å². The van der Waals surface area contributed by atoms with Crippen molar-refractivity contribution in [2.24, 2.45) is 5.73 Å². The van der Waals surface area contributed by atoms with Gasteiger partial charge in [0.05, 0.1) is 26.4 Å². The van der Waals surface area contributed by atoms with Crippen LogP contribution in [0.25, 0.3) is 0 Å². The minimum Gasteiger partial charge on any atom is -0.466 e. The smallest absolute Gasteiger partial charge is 0.322 e. The number of nitrogens with two attached hydrogens (primary N) is 1. The predicted molar refractivity (Wildman–Crippen MR) is 102 cm³/mol. The molecule has 0 aliphatic carbocycles. The molecule has 0 rings (SSSR count). The second-order valence-electron chi connectivity index (χ2n) is 6.48. The number of hydrogen-bond donors (Lipinski definition) is 1. The lowest BCUT2D eigenvalue weighted by Crippen LogP contribution is -2.33. The van der Waals surface area contributed by atoms with Crippen molar-refractivity contribution < 1.29 is 38.9 Å². The Morgan fingerprint density at radius 2 is 1.17 bits per heavy atom. The van der Waals surface area contributed by atoms with Crippen LogP contribution in [0.4, 0.5) is 0 Å². The van der Waals surface area contributed by atoms with Gasteiger partial charge in [0.1, 0.15) is 6.04 Å². The summed E-state index contributed by atoms with van der Waals surface area (Å²) in [6.45, 7) is 0.535. The fraction of sp³-hybridized carbons (Fsp3) is 0.882. The monoisotopic (exact) mass is 437 g/mol. The highest BCUT2D eigenvalue weighted by Gasteiger charge is 2.17. The van der Waals surface area contributed by atoms with Crippen molar-refractivity contribution in [1.29, 1.82) is 0 Å². The van der Waals surface area contributed by atoms with Gasteiger partial charge in [-0.2, -0.15) is 0 Å². The second-order valence-corrected chi connectivity index (χ2v) is 6.48. The van der Waals surface area contributed by atoms with Crippen LogP contribution in [0.5, 0.6) is 0 Å².